The zero-order chi connectivity index (χ0) is 36.0. The molecule has 0 radical (unpaired) electrons. The lowest BCUT2D eigenvalue weighted by Gasteiger charge is -2.10. The molecular weight excluding hydrogens is 679 g/mol. The molecule has 4 heterocycles. The molecule has 256 valence electrons. The third-order valence-electron chi connectivity index (χ3n) is 10.7. The summed E-state index contributed by atoms with van der Waals surface area (Å²) in [5.41, 5.74) is 9.51. The van der Waals surface area contributed by atoms with Crippen molar-refractivity contribution >= 4 is 76.6 Å². The molecule has 0 unspecified atom stereocenters. The maximum Gasteiger partial charge on any atom is 0.164 e. The zero-order valence-corrected chi connectivity index (χ0v) is 29.2. The van der Waals surface area contributed by atoms with Gasteiger partial charge in [-0.15, -0.1) is 0 Å². The number of rotatable bonds is 4. The van der Waals surface area contributed by atoms with E-state index < -0.39 is 0 Å². The average Bonchev–Trinajstić information content (AvgIpc) is 3.94. The molecule has 0 aliphatic carbocycles. The Morgan fingerprint density at radius 3 is 1.58 bits per heavy atom. The molecular formula is C49H27N3O3. The second kappa shape index (κ2) is 11.5. The molecule has 0 atom stereocenters. The highest BCUT2D eigenvalue weighted by Gasteiger charge is 2.22. The first-order valence-corrected chi connectivity index (χ1v) is 18.3. The van der Waals surface area contributed by atoms with Crippen molar-refractivity contribution in [2.75, 3.05) is 0 Å². The van der Waals surface area contributed by atoms with E-state index in [9.17, 15) is 0 Å². The van der Waals surface area contributed by atoms with Gasteiger partial charge in [-0.2, -0.15) is 0 Å². The van der Waals surface area contributed by atoms with Gasteiger partial charge in [0, 0.05) is 54.6 Å². The van der Waals surface area contributed by atoms with E-state index in [1.54, 1.807) is 0 Å². The molecule has 0 saturated heterocycles. The molecule has 0 saturated carbocycles. The summed E-state index contributed by atoms with van der Waals surface area (Å²) in [6, 6.07) is 55.6. The van der Waals surface area contributed by atoms with Gasteiger partial charge < -0.3 is 13.3 Å². The summed E-state index contributed by atoms with van der Waals surface area (Å²) in [6.07, 6.45) is 0. The van der Waals surface area contributed by atoms with Gasteiger partial charge in [0.25, 0.3) is 0 Å². The van der Waals surface area contributed by atoms with E-state index in [0.717, 1.165) is 99.0 Å². The Morgan fingerprint density at radius 1 is 0.309 bits per heavy atom. The van der Waals surface area contributed by atoms with E-state index in [2.05, 4.69) is 78.9 Å². The van der Waals surface area contributed by atoms with Crippen LogP contribution in [0.5, 0.6) is 0 Å². The van der Waals surface area contributed by atoms with Gasteiger partial charge >= 0.3 is 0 Å². The average molecular weight is 706 g/mol. The monoisotopic (exact) mass is 705 g/mol. The number of para-hydroxylation sites is 2. The number of aromatic nitrogens is 3. The molecule has 0 N–H and O–H groups in total. The number of hydrogen-bond acceptors (Lipinski definition) is 6. The van der Waals surface area contributed by atoms with Crippen molar-refractivity contribution in [3.8, 4) is 45.3 Å². The molecule has 0 aliphatic rings. The molecule has 6 nitrogen and oxygen atoms in total. The van der Waals surface area contributed by atoms with Crippen molar-refractivity contribution in [1.82, 2.24) is 15.0 Å². The van der Waals surface area contributed by atoms with Crippen LogP contribution in [0, 0.1) is 0 Å². The lowest BCUT2D eigenvalue weighted by molar-refractivity contribution is 0.668. The van der Waals surface area contributed by atoms with Gasteiger partial charge in [0.1, 0.15) is 33.5 Å². The Balaban J connectivity index is 1.10. The lowest BCUT2D eigenvalue weighted by Crippen LogP contribution is -2.00. The van der Waals surface area contributed by atoms with Gasteiger partial charge in [-0.25, -0.2) is 15.0 Å². The van der Waals surface area contributed by atoms with E-state index in [1.807, 2.05) is 84.9 Å². The molecule has 4 aromatic heterocycles. The van der Waals surface area contributed by atoms with E-state index in [0.29, 0.717) is 17.5 Å². The number of hydrogen-bond donors (Lipinski definition) is 0. The van der Waals surface area contributed by atoms with Gasteiger partial charge in [0.05, 0.1) is 0 Å². The van der Waals surface area contributed by atoms with E-state index in [1.165, 1.54) is 5.39 Å². The standard InChI is InChI=1S/C49H27N3O3/c1-2-12-28(13-3-1)47-50-48(35-20-10-24-40-44(35)33-16-6-7-22-38(33)53-40)52-49(51-47)36-21-11-25-41-45(36)34-19-8-18-32(46(34)55-41)31-17-9-23-39-43(31)37-26-29-14-4-5-15-30(29)27-42(37)54-39/h1-27H. The summed E-state index contributed by atoms with van der Waals surface area (Å²) >= 11 is 0. The van der Waals surface area contributed by atoms with Gasteiger partial charge in [0.2, 0.25) is 0 Å². The van der Waals surface area contributed by atoms with Crippen molar-refractivity contribution in [2.45, 2.75) is 0 Å². The smallest absolute Gasteiger partial charge is 0.164 e. The van der Waals surface area contributed by atoms with Crippen molar-refractivity contribution in [1.29, 1.82) is 0 Å². The van der Waals surface area contributed by atoms with Gasteiger partial charge in [-0.05, 0) is 52.7 Å². The minimum absolute atomic E-state index is 0.558. The molecule has 8 aromatic carbocycles. The van der Waals surface area contributed by atoms with Crippen LogP contribution in [-0.4, -0.2) is 15.0 Å². The molecule has 12 aromatic rings. The Labute approximate surface area is 312 Å². The van der Waals surface area contributed by atoms with Crippen LogP contribution < -0.4 is 0 Å². The number of nitrogens with zero attached hydrogens (tertiary/aromatic N) is 3. The fraction of sp³-hybridized carbons (Fsp3) is 0. The van der Waals surface area contributed by atoms with Crippen molar-refractivity contribution in [2.24, 2.45) is 0 Å². The fourth-order valence-electron chi connectivity index (χ4n) is 8.28. The van der Waals surface area contributed by atoms with Crippen LogP contribution in [0.15, 0.2) is 177 Å². The first kappa shape index (κ1) is 29.9. The summed E-state index contributed by atoms with van der Waals surface area (Å²) in [7, 11) is 0. The fourth-order valence-corrected chi connectivity index (χ4v) is 8.28. The van der Waals surface area contributed by atoms with Crippen LogP contribution in [0.2, 0.25) is 0 Å². The Bertz CT molecular complexity index is 3500. The first-order chi connectivity index (χ1) is 27.2. The number of furan rings is 3. The summed E-state index contributed by atoms with van der Waals surface area (Å²) in [5.74, 6) is 1.71. The largest absolute Gasteiger partial charge is 0.456 e. The summed E-state index contributed by atoms with van der Waals surface area (Å²) in [5, 5.41) is 8.36. The molecule has 0 amide bonds. The van der Waals surface area contributed by atoms with Gasteiger partial charge in [0.15, 0.2) is 17.5 Å². The quantitative estimate of drug-likeness (QED) is 0.181. The summed E-state index contributed by atoms with van der Waals surface area (Å²) < 4.78 is 19.5. The minimum atomic E-state index is 0.558. The first-order valence-electron chi connectivity index (χ1n) is 18.3. The Kier molecular flexibility index (Phi) is 6.24. The third-order valence-corrected chi connectivity index (χ3v) is 10.7. The molecule has 55 heavy (non-hydrogen) atoms. The van der Waals surface area contributed by atoms with Crippen LogP contribution in [-0.2, 0) is 0 Å². The van der Waals surface area contributed by atoms with Crippen molar-refractivity contribution in [3.63, 3.8) is 0 Å². The molecule has 0 fully saturated rings. The van der Waals surface area contributed by atoms with Crippen LogP contribution in [0.25, 0.3) is 122 Å². The zero-order valence-electron chi connectivity index (χ0n) is 29.2. The Hall–Kier alpha value is -7.57. The van der Waals surface area contributed by atoms with Crippen molar-refractivity contribution in [3.05, 3.63) is 164 Å². The highest BCUT2D eigenvalue weighted by Crippen LogP contribution is 2.44. The van der Waals surface area contributed by atoms with E-state index >= 15 is 0 Å². The lowest BCUT2D eigenvalue weighted by atomic mass is 9.96. The maximum atomic E-state index is 6.82. The number of benzene rings is 8. The van der Waals surface area contributed by atoms with E-state index in [-0.39, 0.29) is 0 Å². The molecule has 12 rings (SSSR count). The van der Waals surface area contributed by atoms with Gasteiger partial charge in [-0.3, -0.25) is 0 Å². The SMILES string of the molecule is c1ccc(-c2nc(-c3cccc4oc5ccccc5c34)nc(-c3cccc4oc5c(-c6cccc7oc8cc9ccccc9cc8c67)cccc5c34)n2)cc1. The predicted octanol–water partition coefficient (Wildman–Crippen LogP) is 13.4. The minimum Gasteiger partial charge on any atom is -0.456 e. The molecule has 6 heteroatoms. The van der Waals surface area contributed by atoms with Crippen LogP contribution in [0.1, 0.15) is 0 Å². The van der Waals surface area contributed by atoms with Crippen molar-refractivity contribution < 1.29 is 13.3 Å². The second-order valence-corrected chi connectivity index (χ2v) is 13.9. The van der Waals surface area contributed by atoms with Crippen LogP contribution in [0.3, 0.4) is 0 Å². The Morgan fingerprint density at radius 2 is 0.818 bits per heavy atom. The normalized spacial score (nSPS) is 12.0. The highest BCUT2D eigenvalue weighted by atomic mass is 16.3. The summed E-state index contributed by atoms with van der Waals surface area (Å²) in [6.45, 7) is 0. The molecule has 0 bridgehead atoms. The van der Waals surface area contributed by atoms with Crippen LogP contribution in [0.4, 0.5) is 0 Å². The maximum absolute atomic E-state index is 6.82. The third kappa shape index (κ3) is 4.52. The van der Waals surface area contributed by atoms with E-state index in [4.69, 9.17) is 28.2 Å². The highest BCUT2D eigenvalue weighted by molar-refractivity contribution is 6.20. The topological polar surface area (TPSA) is 78.1 Å². The molecule has 0 spiro atoms. The second-order valence-electron chi connectivity index (χ2n) is 13.9. The number of fused-ring (bicyclic) bond motifs is 10. The molecule has 0 aliphatic heterocycles. The summed E-state index contributed by atoms with van der Waals surface area (Å²) in [4.78, 5) is 15.5. The van der Waals surface area contributed by atoms with Gasteiger partial charge in [-0.1, -0.05) is 127 Å². The van der Waals surface area contributed by atoms with Crippen LogP contribution >= 0.6 is 0 Å². The predicted molar refractivity (Wildman–Crippen MR) is 221 cm³/mol.